The number of carbonyl (C=O) groups excluding carboxylic acids is 1. The summed E-state index contributed by atoms with van der Waals surface area (Å²) in [7, 11) is 0. The number of aromatic nitrogens is 2. The number of nitrogens with two attached hydrogens (primary N) is 2. The Morgan fingerprint density at radius 1 is 1.27 bits per heavy atom. The number of amidine groups is 1. The molecule has 1 fully saturated rings. The second-order valence-corrected chi connectivity index (χ2v) is 10.5. The van der Waals surface area contributed by atoms with Crippen LogP contribution in [0.5, 0.6) is 0 Å². The van der Waals surface area contributed by atoms with Crippen LogP contribution in [0.2, 0.25) is 0 Å². The molecule has 1 aromatic heterocycles. The fourth-order valence-corrected chi connectivity index (χ4v) is 5.64. The molecule has 2 unspecified atom stereocenters. The van der Waals surface area contributed by atoms with Gasteiger partial charge in [-0.15, -0.1) is 0 Å². The molecule has 0 spiro atoms. The van der Waals surface area contributed by atoms with Gasteiger partial charge in [-0.2, -0.15) is 5.10 Å². The minimum Gasteiger partial charge on any atom is -0.392 e. The first kappa shape index (κ1) is 25.9. The summed E-state index contributed by atoms with van der Waals surface area (Å²) >= 11 is 0. The fourth-order valence-electron chi connectivity index (χ4n) is 5.64. The van der Waals surface area contributed by atoms with E-state index in [0.29, 0.717) is 26.1 Å². The maximum atomic E-state index is 12.8. The maximum absolute atomic E-state index is 12.8. The van der Waals surface area contributed by atoms with Crippen LogP contribution in [0.4, 0.5) is 0 Å². The molecule has 40 heavy (non-hydrogen) atoms. The third kappa shape index (κ3) is 5.24. The Balaban J connectivity index is 1.24. The number of benzene rings is 2. The molecule has 0 saturated carbocycles. The van der Waals surface area contributed by atoms with Crippen LogP contribution in [0.3, 0.4) is 0 Å². The summed E-state index contributed by atoms with van der Waals surface area (Å²) in [5.74, 6) is 0.395. The predicted octanol–water partition coefficient (Wildman–Crippen LogP) is 1.31. The molecule has 0 bridgehead atoms. The lowest BCUT2D eigenvalue weighted by molar-refractivity contribution is -0.548. The summed E-state index contributed by atoms with van der Waals surface area (Å²) in [6.07, 6.45) is 9.79. The number of nitrogens with one attached hydrogen (secondary N) is 2. The van der Waals surface area contributed by atoms with Crippen LogP contribution in [0, 0.1) is 11.3 Å². The molecule has 3 aromatic rings. The number of β-amino-alcohol motifs (C(OH)–C–C–N with tert-alkyl or cyclic N) is 1. The molecule has 3 aliphatic heterocycles. The molecule has 4 heterocycles. The Bertz CT molecular complexity index is 1570. The Morgan fingerprint density at radius 3 is 2.85 bits per heavy atom. The number of amides is 1. The van der Waals surface area contributed by atoms with Gasteiger partial charge in [0, 0.05) is 36.9 Å². The lowest BCUT2D eigenvalue weighted by Gasteiger charge is -2.28. The van der Waals surface area contributed by atoms with E-state index < -0.39 is 6.10 Å². The zero-order valence-corrected chi connectivity index (χ0v) is 22.1. The van der Waals surface area contributed by atoms with Crippen LogP contribution in [-0.4, -0.2) is 63.1 Å². The first-order chi connectivity index (χ1) is 19.5. The van der Waals surface area contributed by atoms with Crippen molar-refractivity contribution < 1.29 is 15.2 Å². The van der Waals surface area contributed by atoms with Gasteiger partial charge < -0.3 is 21.1 Å². The number of allylic oxidation sites excluding steroid dienone is 3. The molecule has 0 radical (unpaired) electrons. The van der Waals surface area contributed by atoms with Crippen LogP contribution >= 0.6 is 0 Å². The van der Waals surface area contributed by atoms with Gasteiger partial charge in [0.25, 0.3) is 0 Å². The summed E-state index contributed by atoms with van der Waals surface area (Å²) in [6, 6.07) is 16.1. The fraction of sp³-hybridized carbons (Fsp3) is 0.267. The molecule has 0 aliphatic carbocycles. The molecule has 3 aliphatic rings. The van der Waals surface area contributed by atoms with E-state index in [-0.39, 0.29) is 23.7 Å². The van der Waals surface area contributed by atoms with E-state index in [1.54, 1.807) is 4.90 Å². The third-order valence-corrected chi connectivity index (χ3v) is 7.74. The maximum Gasteiger partial charge on any atom is 0.243 e. The number of hydrogen-bond acceptors (Lipinski definition) is 5. The van der Waals surface area contributed by atoms with E-state index in [1.165, 1.54) is 5.56 Å². The SMILES string of the molecule is N=CN=C(N)C1=C(c2ccc3cn(Cc4ccccc4)nc3c2)C=C(C2C=CN(C(=O)C3C[C@H](O)CN3)CC2)[NH2+]1. The van der Waals surface area contributed by atoms with Crippen molar-refractivity contribution in [3.05, 3.63) is 95.6 Å². The second kappa shape index (κ2) is 11.0. The van der Waals surface area contributed by atoms with Crippen molar-refractivity contribution in [1.29, 1.82) is 5.41 Å². The van der Waals surface area contributed by atoms with Crippen molar-refractivity contribution in [3.63, 3.8) is 0 Å². The first-order valence-corrected chi connectivity index (χ1v) is 13.5. The largest absolute Gasteiger partial charge is 0.392 e. The van der Waals surface area contributed by atoms with E-state index in [4.69, 9.17) is 16.2 Å². The average molecular weight is 538 g/mol. The van der Waals surface area contributed by atoms with E-state index in [2.05, 4.69) is 52.9 Å². The average Bonchev–Trinajstić information content (AvgIpc) is 3.71. The molecule has 10 nitrogen and oxygen atoms in total. The quantitative estimate of drug-likeness (QED) is 0.228. The summed E-state index contributed by atoms with van der Waals surface area (Å²) < 4.78 is 1.95. The molecule has 1 amide bonds. The Kier molecular flexibility index (Phi) is 7.12. The monoisotopic (exact) mass is 537 g/mol. The van der Waals surface area contributed by atoms with Crippen molar-refractivity contribution in [3.8, 4) is 0 Å². The molecule has 204 valence electrons. The van der Waals surface area contributed by atoms with Crippen LogP contribution in [0.15, 0.2) is 89.5 Å². The molecule has 10 heteroatoms. The molecule has 6 rings (SSSR count). The molecule has 1 saturated heterocycles. The second-order valence-electron chi connectivity index (χ2n) is 10.5. The van der Waals surface area contributed by atoms with Crippen LogP contribution in [0.25, 0.3) is 16.5 Å². The number of aliphatic imine (C=N–C) groups is 1. The van der Waals surface area contributed by atoms with Crippen molar-refractivity contribution in [2.24, 2.45) is 16.6 Å². The summed E-state index contributed by atoms with van der Waals surface area (Å²) in [5.41, 5.74) is 12.2. The lowest BCUT2D eigenvalue weighted by atomic mass is 9.96. The van der Waals surface area contributed by atoms with Crippen molar-refractivity contribution in [2.75, 3.05) is 13.1 Å². The topological polar surface area (TPSA) is 149 Å². The number of carbonyl (C=O) groups is 1. The number of aliphatic hydroxyl groups excluding tert-OH is 1. The smallest absolute Gasteiger partial charge is 0.243 e. The standard InChI is InChI=1S/C30H32N8O2/c31-18-34-29(32)28-24(21-6-7-22-17-38(36-26(22)12-21)16-19-4-2-1-3-5-19)14-25(35-28)20-8-10-37(11-9-20)30(40)27-13-23(39)15-33-27/h1-8,10,12,14,17-18,20,23,27,33,35,39H,9,11,13,15-16H2,(H3,31,32,34)/p+1/t20?,23-,27?/m0/s1. The van der Waals surface area contributed by atoms with Gasteiger partial charge in [0.2, 0.25) is 5.91 Å². The van der Waals surface area contributed by atoms with Crippen molar-refractivity contribution >= 4 is 34.6 Å². The summed E-state index contributed by atoms with van der Waals surface area (Å²) in [5, 5.41) is 28.2. The zero-order valence-electron chi connectivity index (χ0n) is 22.1. The van der Waals surface area contributed by atoms with Gasteiger partial charge in [0.15, 0.2) is 11.5 Å². The van der Waals surface area contributed by atoms with Gasteiger partial charge in [0.05, 0.1) is 35.7 Å². The van der Waals surface area contributed by atoms with Crippen molar-refractivity contribution in [2.45, 2.75) is 31.5 Å². The van der Waals surface area contributed by atoms with Gasteiger partial charge in [-0.3, -0.25) is 20.2 Å². The van der Waals surface area contributed by atoms with Gasteiger partial charge in [-0.1, -0.05) is 48.5 Å². The highest BCUT2D eigenvalue weighted by Crippen LogP contribution is 2.30. The molecule has 7 N–H and O–H groups in total. The van der Waals surface area contributed by atoms with Gasteiger partial charge in [-0.05, 0) is 30.0 Å². The number of hydrogen-bond donors (Lipinski definition) is 5. The molecular weight excluding hydrogens is 504 g/mol. The van der Waals surface area contributed by atoms with Crippen LogP contribution in [0.1, 0.15) is 24.0 Å². The van der Waals surface area contributed by atoms with E-state index >= 15 is 0 Å². The van der Waals surface area contributed by atoms with Crippen LogP contribution < -0.4 is 16.4 Å². The molecular formula is C30H33N8O2+. The Morgan fingerprint density at radius 2 is 2.12 bits per heavy atom. The van der Waals surface area contributed by atoms with E-state index in [0.717, 1.165) is 46.2 Å². The number of nitrogens with zero attached hydrogens (tertiary/aromatic N) is 4. The molecule has 2 aromatic carbocycles. The minimum atomic E-state index is -0.471. The van der Waals surface area contributed by atoms with E-state index in [1.807, 2.05) is 40.5 Å². The molecule has 3 atom stereocenters. The highest BCUT2D eigenvalue weighted by atomic mass is 16.3. The minimum absolute atomic E-state index is 0.00232. The summed E-state index contributed by atoms with van der Waals surface area (Å²) in [4.78, 5) is 18.6. The number of fused-ring (bicyclic) bond motifs is 1. The number of quaternary nitrogens is 1. The number of rotatable bonds is 7. The van der Waals surface area contributed by atoms with Gasteiger partial charge >= 0.3 is 0 Å². The lowest BCUT2D eigenvalue weighted by Crippen LogP contribution is -2.81. The zero-order chi connectivity index (χ0) is 27.6. The number of aliphatic hydroxyl groups is 1. The van der Waals surface area contributed by atoms with Crippen molar-refractivity contribution in [1.82, 2.24) is 20.0 Å². The highest BCUT2D eigenvalue weighted by Gasteiger charge is 2.34. The normalized spacial score (nSPS) is 23.2. The van der Waals surface area contributed by atoms with Gasteiger partial charge in [-0.25, -0.2) is 4.99 Å². The summed E-state index contributed by atoms with van der Waals surface area (Å²) in [6.45, 7) is 1.74. The van der Waals surface area contributed by atoms with Gasteiger partial charge in [0.1, 0.15) is 12.0 Å². The Labute approximate surface area is 232 Å². The predicted molar refractivity (Wildman–Crippen MR) is 154 cm³/mol. The van der Waals surface area contributed by atoms with E-state index in [9.17, 15) is 9.90 Å². The third-order valence-electron chi connectivity index (χ3n) is 7.74. The first-order valence-electron chi connectivity index (χ1n) is 13.5. The Hall–Kier alpha value is -4.38. The highest BCUT2D eigenvalue weighted by molar-refractivity contribution is 6.07. The van der Waals surface area contributed by atoms with Crippen LogP contribution in [-0.2, 0) is 11.3 Å².